The number of hydrogen-bond acceptors (Lipinski definition) is 5. The molecule has 6 heteroatoms. The zero-order valence-electron chi connectivity index (χ0n) is 9.35. The molecule has 1 rings (SSSR count). The summed E-state index contributed by atoms with van der Waals surface area (Å²) in [4.78, 5) is 11.0. The van der Waals surface area contributed by atoms with Gasteiger partial charge >= 0.3 is 5.97 Å². The van der Waals surface area contributed by atoms with E-state index in [0.717, 1.165) is 0 Å². The molecule has 0 amide bonds. The highest BCUT2D eigenvalue weighted by molar-refractivity contribution is 5.68. The van der Waals surface area contributed by atoms with Gasteiger partial charge in [0.1, 0.15) is 17.8 Å². The van der Waals surface area contributed by atoms with Crippen molar-refractivity contribution in [2.45, 2.75) is 26.0 Å². The third-order valence-electron chi connectivity index (χ3n) is 2.18. The molecule has 0 bridgehead atoms. The van der Waals surface area contributed by atoms with Gasteiger partial charge in [0.15, 0.2) is 0 Å². The Bertz CT molecular complexity index is 346. The molecule has 0 atom stereocenters. The van der Waals surface area contributed by atoms with Crippen LogP contribution in [0.1, 0.15) is 19.5 Å². The number of hydrogen-bond donors (Lipinski definition) is 0. The minimum Gasteiger partial charge on any atom is -0.468 e. The van der Waals surface area contributed by atoms with E-state index >= 15 is 0 Å². The van der Waals surface area contributed by atoms with Crippen molar-refractivity contribution in [3.05, 3.63) is 11.9 Å². The Labute approximate surface area is 88.2 Å². The van der Waals surface area contributed by atoms with Crippen LogP contribution in [0.15, 0.2) is 6.20 Å². The largest absolute Gasteiger partial charge is 0.468 e. The molecule has 0 N–H and O–H groups in total. The fraction of sp³-hybridized carbons (Fsp3) is 0.667. The maximum absolute atomic E-state index is 11.0. The summed E-state index contributed by atoms with van der Waals surface area (Å²) in [6.45, 7) is 3.81. The summed E-state index contributed by atoms with van der Waals surface area (Å²) < 4.78 is 11.2. The Kier molecular flexibility index (Phi) is 3.41. The average molecular weight is 213 g/mol. The molecule has 1 aromatic rings. The number of carbonyl (C=O) groups is 1. The SMILES string of the molecule is COC(=O)Cn1cc(C(C)(C)OC)nn1. The Morgan fingerprint density at radius 1 is 1.53 bits per heavy atom. The second-order valence-electron chi connectivity index (χ2n) is 3.59. The lowest BCUT2D eigenvalue weighted by molar-refractivity contribution is -0.141. The molecule has 15 heavy (non-hydrogen) atoms. The van der Waals surface area contributed by atoms with Gasteiger partial charge in [-0.1, -0.05) is 5.21 Å². The van der Waals surface area contributed by atoms with Crippen LogP contribution in [0.5, 0.6) is 0 Å². The highest BCUT2D eigenvalue weighted by Crippen LogP contribution is 2.20. The van der Waals surface area contributed by atoms with Crippen LogP contribution in [-0.2, 0) is 26.4 Å². The number of rotatable bonds is 4. The molecule has 0 saturated heterocycles. The molecule has 0 spiro atoms. The second-order valence-corrected chi connectivity index (χ2v) is 3.59. The minimum atomic E-state index is -0.506. The summed E-state index contributed by atoms with van der Waals surface area (Å²) in [5.74, 6) is -0.360. The highest BCUT2D eigenvalue weighted by Gasteiger charge is 2.23. The third kappa shape index (κ3) is 2.76. The van der Waals surface area contributed by atoms with Gasteiger partial charge in [0.05, 0.1) is 13.3 Å². The lowest BCUT2D eigenvalue weighted by atomic mass is 10.1. The summed E-state index contributed by atoms with van der Waals surface area (Å²) >= 11 is 0. The maximum atomic E-state index is 11.0. The van der Waals surface area contributed by atoms with Gasteiger partial charge in [-0.3, -0.25) is 4.79 Å². The van der Waals surface area contributed by atoms with E-state index < -0.39 is 5.60 Å². The van der Waals surface area contributed by atoms with Crippen molar-refractivity contribution < 1.29 is 14.3 Å². The van der Waals surface area contributed by atoms with E-state index in [1.807, 2.05) is 13.8 Å². The van der Waals surface area contributed by atoms with Crippen molar-refractivity contribution >= 4 is 5.97 Å². The first-order valence-electron chi connectivity index (χ1n) is 4.52. The van der Waals surface area contributed by atoms with E-state index in [4.69, 9.17) is 4.74 Å². The number of methoxy groups -OCH3 is 2. The zero-order chi connectivity index (χ0) is 11.5. The minimum absolute atomic E-state index is 0.0588. The summed E-state index contributed by atoms with van der Waals surface area (Å²) in [5, 5.41) is 7.73. The Morgan fingerprint density at radius 3 is 2.73 bits per heavy atom. The molecular weight excluding hydrogens is 198 g/mol. The molecule has 0 aliphatic carbocycles. The topological polar surface area (TPSA) is 66.2 Å². The lowest BCUT2D eigenvalue weighted by Gasteiger charge is -2.18. The van der Waals surface area contributed by atoms with Crippen molar-refractivity contribution in [3.8, 4) is 0 Å². The molecule has 0 fully saturated rings. The monoisotopic (exact) mass is 213 g/mol. The van der Waals surface area contributed by atoms with Crippen LogP contribution in [0.3, 0.4) is 0 Å². The van der Waals surface area contributed by atoms with Gasteiger partial charge in [-0.25, -0.2) is 4.68 Å². The van der Waals surface area contributed by atoms with Crippen molar-refractivity contribution in [3.63, 3.8) is 0 Å². The Hall–Kier alpha value is -1.43. The van der Waals surface area contributed by atoms with Crippen LogP contribution in [-0.4, -0.2) is 35.2 Å². The molecule has 6 nitrogen and oxygen atoms in total. The van der Waals surface area contributed by atoms with Gasteiger partial charge in [0, 0.05) is 7.11 Å². The third-order valence-corrected chi connectivity index (χ3v) is 2.18. The molecule has 0 aromatic carbocycles. The molecule has 0 radical (unpaired) electrons. The maximum Gasteiger partial charge on any atom is 0.327 e. The molecule has 1 heterocycles. The molecule has 0 saturated carbocycles. The van der Waals surface area contributed by atoms with E-state index in [2.05, 4.69) is 15.0 Å². The van der Waals surface area contributed by atoms with E-state index in [1.54, 1.807) is 13.3 Å². The van der Waals surface area contributed by atoms with E-state index in [-0.39, 0.29) is 12.5 Å². The normalized spacial score (nSPS) is 11.5. The quantitative estimate of drug-likeness (QED) is 0.674. The fourth-order valence-corrected chi connectivity index (χ4v) is 0.953. The molecule has 0 unspecified atom stereocenters. The van der Waals surface area contributed by atoms with Crippen molar-refractivity contribution in [1.29, 1.82) is 0 Å². The van der Waals surface area contributed by atoms with Crippen LogP contribution in [0, 0.1) is 0 Å². The van der Waals surface area contributed by atoms with Crippen molar-refractivity contribution in [1.82, 2.24) is 15.0 Å². The number of aromatic nitrogens is 3. The van der Waals surface area contributed by atoms with E-state index in [9.17, 15) is 4.79 Å². The van der Waals surface area contributed by atoms with E-state index in [1.165, 1.54) is 11.8 Å². The number of carbonyl (C=O) groups excluding carboxylic acids is 1. The first-order valence-corrected chi connectivity index (χ1v) is 4.52. The van der Waals surface area contributed by atoms with Crippen LogP contribution >= 0.6 is 0 Å². The second kappa shape index (κ2) is 4.39. The summed E-state index contributed by atoms with van der Waals surface area (Å²) in [6.07, 6.45) is 1.67. The molecule has 84 valence electrons. The summed E-state index contributed by atoms with van der Waals surface area (Å²) in [5.41, 5.74) is 0.169. The molecular formula is C9H15N3O3. The lowest BCUT2D eigenvalue weighted by Crippen LogP contribution is -2.20. The van der Waals surface area contributed by atoms with Gasteiger partial charge in [-0.05, 0) is 13.8 Å². The first kappa shape index (κ1) is 11.6. The summed E-state index contributed by atoms with van der Waals surface area (Å²) in [6, 6.07) is 0. The van der Waals surface area contributed by atoms with Crippen molar-refractivity contribution in [2.24, 2.45) is 0 Å². The van der Waals surface area contributed by atoms with Gasteiger partial charge < -0.3 is 9.47 Å². The molecule has 0 aliphatic rings. The standard InChI is InChI=1S/C9H15N3O3/c1-9(2,15-4)7-5-12(11-10-7)6-8(13)14-3/h5H,6H2,1-4H3. The van der Waals surface area contributed by atoms with Gasteiger partial charge in [-0.2, -0.15) is 0 Å². The zero-order valence-corrected chi connectivity index (χ0v) is 9.35. The number of esters is 1. The fourth-order valence-electron chi connectivity index (χ4n) is 0.953. The molecule has 0 aliphatic heterocycles. The highest BCUT2D eigenvalue weighted by atomic mass is 16.5. The smallest absolute Gasteiger partial charge is 0.327 e. The number of ether oxygens (including phenoxy) is 2. The Morgan fingerprint density at radius 2 is 2.20 bits per heavy atom. The van der Waals surface area contributed by atoms with Crippen molar-refractivity contribution in [2.75, 3.05) is 14.2 Å². The first-order chi connectivity index (χ1) is 6.99. The Balaban J connectivity index is 2.76. The van der Waals surface area contributed by atoms with E-state index in [0.29, 0.717) is 5.69 Å². The van der Waals surface area contributed by atoms with Crippen LogP contribution in [0.4, 0.5) is 0 Å². The van der Waals surface area contributed by atoms with Crippen LogP contribution in [0.2, 0.25) is 0 Å². The van der Waals surface area contributed by atoms with Gasteiger partial charge in [-0.15, -0.1) is 5.10 Å². The van der Waals surface area contributed by atoms with Gasteiger partial charge in [0.25, 0.3) is 0 Å². The van der Waals surface area contributed by atoms with Crippen LogP contribution in [0.25, 0.3) is 0 Å². The van der Waals surface area contributed by atoms with Gasteiger partial charge in [0.2, 0.25) is 0 Å². The molecule has 1 aromatic heterocycles. The predicted octanol–water partition coefficient (Wildman–Crippen LogP) is 0.333. The summed E-state index contributed by atoms with van der Waals surface area (Å²) in [7, 11) is 2.93. The van der Waals surface area contributed by atoms with Crippen LogP contribution < -0.4 is 0 Å². The predicted molar refractivity (Wildman–Crippen MR) is 52.1 cm³/mol. The average Bonchev–Trinajstić information content (AvgIpc) is 2.66. The number of nitrogens with zero attached hydrogens (tertiary/aromatic N) is 3.